The van der Waals surface area contributed by atoms with Crippen LogP contribution >= 0.6 is 0 Å². The zero-order chi connectivity index (χ0) is 19.5. The number of nitrogens with zero attached hydrogens (tertiary/aromatic N) is 3. The van der Waals surface area contributed by atoms with Gasteiger partial charge in [0, 0.05) is 11.5 Å². The van der Waals surface area contributed by atoms with Gasteiger partial charge in [0.25, 0.3) is 0 Å². The van der Waals surface area contributed by atoms with Gasteiger partial charge in [-0.15, -0.1) is 0 Å². The number of rotatable bonds is 4. The normalized spacial score (nSPS) is 14.8. The molecule has 2 aromatic heterocycles. The Labute approximate surface area is 162 Å². The maximum atomic E-state index is 12.5. The number of hydrogen-bond donors (Lipinski definition) is 2. The minimum atomic E-state index is 0.00720. The van der Waals surface area contributed by atoms with Crippen LogP contribution in [0.1, 0.15) is 32.1 Å². The first-order valence-corrected chi connectivity index (χ1v) is 9.46. The van der Waals surface area contributed by atoms with Crippen molar-refractivity contribution in [2.75, 3.05) is 12.4 Å². The zero-order valence-electron chi connectivity index (χ0n) is 15.7. The van der Waals surface area contributed by atoms with E-state index in [1.54, 1.807) is 24.4 Å². The Morgan fingerprint density at radius 3 is 2.75 bits per heavy atom. The van der Waals surface area contributed by atoms with Gasteiger partial charge in [-0.25, -0.2) is 15.0 Å². The fourth-order valence-electron chi connectivity index (χ4n) is 3.55. The van der Waals surface area contributed by atoms with Gasteiger partial charge >= 0.3 is 0 Å². The van der Waals surface area contributed by atoms with Gasteiger partial charge in [-0.2, -0.15) is 0 Å². The summed E-state index contributed by atoms with van der Waals surface area (Å²) in [5.41, 5.74) is 2.56. The number of phenols is 1. The summed E-state index contributed by atoms with van der Waals surface area (Å²) in [7, 11) is 1.50. The van der Waals surface area contributed by atoms with Crippen LogP contribution in [0.15, 0.2) is 36.5 Å². The molecular weight excluding hydrogens is 356 g/mol. The number of ether oxygens (including phenoxy) is 1. The minimum Gasteiger partial charge on any atom is -0.504 e. The number of amides is 1. The molecule has 1 aromatic carbocycles. The van der Waals surface area contributed by atoms with Crippen LogP contribution in [0.4, 0.5) is 5.82 Å². The zero-order valence-corrected chi connectivity index (χ0v) is 15.7. The predicted octanol–water partition coefficient (Wildman–Crippen LogP) is 3.92. The van der Waals surface area contributed by atoms with Crippen molar-refractivity contribution >= 4 is 22.9 Å². The first-order chi connectivity index (χ1) is 13.6. The molecule has 4 rings (SSSR count). The second-order valence-electron chi connectivity index (χ2n) is 7.01. The van der Waals surface area contributed by atoms with Gasteiger partial charge in [-0.1, -0.05) is 19.3 Å². The number of carbonyl (C=O) groups excluding carboxylic acids is 1. The Hall–Kier alpha value is -3.22. The van der Waals surface area contributed by atoms with Gasteiger partial charge in [0.05, 0.1) is 19.0 Å². The average molecular weight is 378 g/mol. The van der Waals surface area contributed by atoms with Gasteiger partial charge < -0.3 is 15.2 Å². The number of methoxy groups -OCH3 is 1. The third kappa shape index (κ3) is 3.74. The fourth-order valence-corrected chi connectivity index (χ4v) is 3.55. The number of fused-ring (bicyclic) bond motifs is 1. The van der Waals surface area contributed by atoms with Crippen molar-refractivity contribution in [2.24, 2.45) is 5.92 Å². The van der Waals surface area contributed by atoms with Crippen molar-refractivity contribution in [3.8, 4) is 22.8 Å². The highest BCUT2D eigenvalue weighted by molar-refractivity contribution is 5.92. The van der Waals surface area contributed by atoms with E-state index in [2.05, 4.69) is 20.3 Å². The van der Waals surface area contributed by atoms with Gasteiger partial charge in [-0.3, -0.25) is 4.79 Å². The summed E-state index contributed by atoms with van der Waals surface area (Å²) < 4.78 is 5.16. The topological polar surface area (TPSA) is 97.2 Å². The van der Waals surface area contributed by atoms with E-state index in [0.717, 1.165) is 31.2 Å². The molecule has 0 radical (unpaired) electrons. The van der Waals surface area contributed by atoms with Gasteiger partial charge in [0.2, 0.25) is 5.91 Å². The molecule has 2 N–H and O–H groups in total. The Morgan fingerprint density at radius 2 is 1.96 bits per heavy atom. The third-order valence-corrected chi connectivity index (χ3v) is 5.11. The van der Waals surface area contributed by atoms with Crippen LogP contribution in [0, 0.1) is 5.92 Å². The van der Waals surface area contributed by atoms with Crippen LogP contribution in [0.2, 0.25) is 0 Å². The first kappa shape index (κ1) is 18.2. The standard InChI is InChI=1S/C21H22N4O3/c1-28-18-11-14(7-10-17(18)26)15-8-9-16-20(23-15)24-19(12-22-16)25-21(27)13-5-3-2-4-6-13/h7-13,26H,2-6H2,1H3,(H,23,24,25,27). The number of carbonyl (C=O) groups is 1. The highest BCUT2D eigenvalue weighted by Crippen LogP contribution is 2.31. The molecule has 3 aromatic rings. The molecule has 1 saturated carbocycles. The number of phenolic OH excluding ortho intramolecular Hbond substituents is 1. The van der Waals surface area contributed by atoms with Crippen LogP contribution < -0.4 is 10.1 Å². The molecule has 144 valence electrons. The van der Waals surface area contributed by atoms with Crippen molar-refractivity contribution in [1.29, 1.82) is 0 Å². The summed E-state index contributed by atoms with van der Waals surface area (Å²) in [6.07, 6.45) is 6.82. The smallest absolute Gasteiger partial charge is 0.228 e. The van der Waals surface area contributed by atoms with Crippen LogP contribution in [-0.2, 0) is 4.79 Å². The molecule has 1 aliphatic rings. The molecule has 0 aliphatic heterocycles. The van der Waals surface area contributed by atoms with Crippen LogP contribution in [0.5, 0.6) is 11.5 Å². The molecule has 0 atom stereocenters. The summed E-state index contributed by atoms with van der Waals surface area (Å²) in [6, 6.07) is 8.70. The van der Waals surface area contributed by atoms with Gasteiger partial charge in [0.1, 0.15) is 5.52 Å². The maximum absolute atomic E-state index is 12.5. The molecule has 28 heavy (non-hydrogen) atoms. The second kappa shape index (κ2) is 7.80. The Kier molecular flexibility index (Phi) is 5.06. The van der Waals surface area contributed by atoms with Crippen molar-refractivity contribution in [1.82, 2.24) is 15.0 Å². The number of pyridine rings is 1. The van der Waals surface area contributed by atoms with Crippen LogP contribution in [-0.4, -0.2) is 33.1 Å². The van der Waals surface area contributed by atoms with Crippen molar-refractivity contribution in [2.45, 2.75) is 32.1 Å². The summed E-state index contributed by atoms with van der Waals surface area (Å²) >= 11 is 0. The number of nitrogens with one attached hydrogen (secondary N) is 1. The SMILES string of the molecule is COc1cc(-c2ccc3ncc(NC(=O)C4CCCCC4)nc3n2)ccc1O. The van der Waals surface area contributed by atoms with Gasteiger partial charge in [-0.05, 0) is 43.2 Å². The monoisotopic (exact) mass is 378 g/mol. The van der Waals surface area contributed by atoms with E-state index in [9.17, 15) is 9.90 Å². The second-order valence-corrected chi connectivity index (χ2v) is 7.01. The highest BCUT2D eigenvalue weighted by Gasteiger charge is 2.21. The van der Waals surface area contributed by atoms with E-state index in [1.807, 2.05) is 12.1 Å². The molecule has 1 aliphatic carbocycles. The minimum absolute atomic E-state index is 0.00720. The largest absolute Gasteiger partial charge is 0.504 e. The van der Waals surface area contributed by atoms with Gasteiger partial charge in [0.15, 0.2) is 23.0 Å². The molecule has 0 bridgehead atoms. The summed E-state index contributed by atoms with van der Waals surface area (Å²) in [5, 5.41) is 12.7. The summed E-state index contributed by atoms with van der Waals surface area (Å²) in [6.45, 7) is 0. The number of aromatic nitrogens is 3. The molecule has 0 unspecified atom stereocenters. The molecular formula is C21H22N4O3. The lowest BCUT2D eigenvalue weighted by Gasteiger charge is -2.20. The summed E-state index contributed by atoms with van der Waals surface area (Å²) in [5.74, 6) is 0.914. The van der Waals surface area contributed by atoms with Crippen molar-refractivity contribution in [3.63, 3.8) is 0 Å². The number of benzene rings is 1. The summed E-state index contributed by atoms with van der Waals surface area (Å²) in [4.78, 5) is 25.9. The Morgan fingerprint density at radius 1 is 1.14 bits per heavy atom. The quantitative estimate of drug-likeness (QED) is 0.714. The van der Waals surface area contributed by atoms with E-state index in [-0.39, 0.29) is 17.6 Å². The molecule has 0 spiro atoms. The highest BCUT2D eigenvalue weighted by atomic mass is 16.5. The van der Waals surface area contributed by atoms with Crippen molar-refractivity contribution in [3.05, 3.63) is 36.5 Å². The fraction of sp³-hybridized carbons (Fsp3) is 0.333. The lowest BCUT2D eigenvalue weighted by molar-refractivity contribution is -0.120. The Balaban J connectivity index is 1.61. The third-order valence-electron chi connectivity index (χ3n) is 5.11. The molecule has 7 nitrogen and oxygen atoms in total. The van der Waals surface area contributed by atoms with Crippen LogP contribution in [0.25, 0.3) is 22.4 Å². The van der Waals surface area contributed by atoms with E-state index < -0.39 is 0 Å². The van der Waals surface area contributed by atoms with Crippen LogP contribution in [0.3, 0.4) is 0 Å². The number of aromatic hydroxyl groups is 1. The number of anilines is 1. The lowest BCUT2D eigenvalue weighted by atomic mass is 9.89. The van der Waals surface area contributed by atoms with E-state index in [4.69, 9.17) is 4.74 Å². The van der Waals surface area contributed by atoms with E-state index in [1.165, 1.54) is 13.5 Å². The molecule has 2 heterocycles. The van der Waals surface area contributed by atoms with Crippen molar-refractivity contribution < 1.29 is 14.6 Å². The Bertz CT molecular complexity index is 1020. The molecule has 1 fully saturated rings. The number of hydrogen-bond acceptors (Lipinski definition) is 6. The molecule has 7 heteroatoms. The molecule has 0 saturated heterocycles. The predicted molar refractivity (Wildman–Crippen MR) is 106 cm³/mol. The molecule has 1 amide bonds. The first-order valence-electron chi connectivity index (χ1n) is 9.46. The lowest BCUT2D eigenvalue weighted by Crippen LogP contribution is -2.25. The van der Waals surface area contributed by atoms with E-state index in [0.29, 0.717) is 28.4 Å². The maximum Gasteiger partial charge on any atom is 0.228 e. The van der Waals surface area contributed by atoms with E-state index >= 15 is 0 Å². The average Bonchev–Trinajstić information content (AvgIpc) is 2.74.